The summed E-state index contributed by atoms with van der Waals surface area (Å²) in [5.41, 5.74) is 11.3. The molecule has 2 heterocycles. The standard InChI is InChI=1S/C49H31N3O/c1-2-10-32(11-3-1)34-20-25-36(26-21-34)47-50-48(37-27-22-35(23-28-37)39-29-24-33-12-4-5-13-38(33)30-39)52-49(51-47)41-15-8-14-40(31-41)42-17-9-19-45-46(42)43-16-6-7-18-44(43)53-45/h1-31H. The van der Waals surface area contributed by atoms with Gasteiger partial charge in [-0.3, -0.25) is 0 Å². The number of para-hydroxylation sites is 1. The number of fused-ring (bicyclic) bond motifs is 4. The third-order valence-corrected chi connectivity index (χ3v) is 9.95. The molecule has 0 saturated heterocycles. The van der Waals surface area contributed by atoms with Crippen LogP contribution in [0.5, 0.6) is 0 Å². The summed E-state index contributed by atoms with van der Waals surface area (Å²) in [4.78, 5) is 15.3. The lowest BCUT2D eigenvalue weighted by Gasteiger charge is -2.11. The average Bonchev–Trinajstić information content (AvgIpc) is 3.63. The second kappa shape index (κ2) is 12.9. The summed E-state index contributed by atoms with van der Waals surface area (Å²) in [5, 5.41) is 4.65. The van der Waals surface area contributed by atoms with Crippen molar-refractivity contribution in [2.75, 3.05) is 0 Å². The van der Waals surface area contributed by atoms with E-state index in [2.05, 4.69) is 158 Å². The van der Waals surface area contributed by atoms with Crippen LogP contribution in [0.15, 0.2) is 192 Å². The fraction of sp³-hybridized carbons (Fsp3) is 0. The highest BCUT2D eigenvalue weighted by Crippen LogP contribution is 2.38. The Labute approximate surface area is 306 Å². The van der Waals surface area contributed by atoms with Gasteiger partial charge in [-0.1, -0.05) is 164 Å². The number of rotatable bonds is 6. The van der Waals surface area contributed by atoms with Gasteiger partial charge in [-0.2, -0.15) is 0 Å². The average molecular weight is 678 g/mol. The number of benzene rings is 8. The molecule has 0 fully saturated rings. The molecule has 0 amide bonds. The highest BCUT2D eigenvalue weighted by Gasteiger charge is 2.16. The largest absolute Gasteiger partial charge is 0.456 e. The molecule has 0 spiro atoms. The quantitative estimate of drug-likeness (QED) is 0.176. The van der Waals surface area contributed by atoms with Gasteiger partial charge in [0, 0.05) is 27.5 Å². The van der Waals surface area contributed by atoms with Crippen LogP contribution in [0, 0.1) is 0 Å². The lowest BCUT2D eigenvalue weighted by atomic mass is 9.97. The summed E-state index contributed by atoms with van der Waals surface area (Å²) < 4.78 is 6.22. The Morgan fingerprint density at radius 2 is 0.811 bits per heavy atom. The van der Waals surface area contributed by atoms with Crippen LogP contribution in [0.25, 0.3) is 100 Å². The molecule has 53 heavy (non-hydrogen) atoms. The summed E-state index contributed by atoms with van der Waals surface area (Å²) in [5.74, 6) is 1.86. The van der Waals surface area contributed by atoms with Crippen LogP contribution >= 0.6 is 0 Å². The van der Waals surface area contributed by atoms with Crippen molar-refractivity contribution in [2.45, 2.75) is 0 Å². The summed E-state index contributed by atoms with van der Waals surface area (Å²) in [7, 11) is 0. The third-order valence-electron chi connectivity index (χ3n) is 9.95. The van der Waals surface area contributed by atoms with Crippen LogP contribution in [0.3, 0.4) is 0 Å². The van der Waals surface area contributed by atoms with E-state index < -0.39 is 0 Å². The van der Waals surface area contributed by atoms with E-state index in [0.717, 1.165) is 60.9 Å². The van der Waals surface area contributed by atoms with Crippen molar-refractivity contribution in [1.29, 1.82) is 0 Å². The molecule has 4 heteroatoms. The molecular formula is C49H31N3O. The van der Waals surface area contributed by atoms with Crippen LogP contribution in [0.4, 0.5) is 0 Å². The molecule has 4 nitrogen and oxygen atoms in total. The molecule has 248 valence electrons. The lowest BCUT2D eigenvalue weighted by Crippen LogP contribution is -2.00. The number of furan rings is 1. The van der Waals surface area contributed by atoms with Gasteiger partial charge < -0.3 is 4.42 Å². The van der Waals surface area contributed by atoms with E-state index in [-0.39, 0.29) is 0 Å². The SMILES string of the molecule is c1ccc(-c2ccc(-c3nc(-c4ccc(-c5ccc6ccccc6c5)cc4)nc(-c4cccc(-c5cccc6oc7ccccc7c56)c4)n3)cc2)cc1. The van der Waals surface area contributed by atoms with Crippen molar-refractivity contribution in [3.05, 3.63) is 188 Å². The summed E-state index contributed by atoms with van der Waals surface area (Å²) in [6.07, 6.45) is 0. The summed E-state index contributed by atoms with van der Waals surface area (Å²) >= 11 is 0. The molecule has 10 aromatic rings. The predicted octanol–water partition coefficient (Wildman–Crippen LogP) is 12.9. The Balaban J connectivity index is 1.08. The van der Waals surface area contributed by atoms with E-state index in [1.165, 1.54) is 21.9 Å². The first kappa shape index (κ1) is 30.6. The van der Waals surface area contributed by atoms with Gasteiger partial charge in [0.25, 0.3) is 0 Å². The second-order valence-electron chi connectivity index (χ2n) is 13.2. The molecule has 0 atom stereocenters. The number of hydrogen-bond acceptors (Lipinski definition) is 4. The molecule has 10 rings (SSSR count). The topological polar surface area (TPSA) is 51.8 Å². The van der Waals surface area contributed by atoms with E-state index in [1.807, 2.05) is 30.3 Å². The first-order valence-electron chi connectivity index (χ1n) is 17.8. The van der Waals surface area contributed by atoms with E-state index in [0.29, 0.717) is 17.5 Å². The van der Waals surface area contributed by atoms with E-state index in [1.54, 1.807) is 0 Å². The maximum Gasteiger partial charge on any atom is 0.164 e. The Bertz CT molecular complexity index is 2930. The minimum absolute atomic E-state index is 0.613. The smallest absolute Gasteiger partial charge is 0.164 e. The molecule has 0 N–H and O–H groups in total. The fourth-order valence-electron chi connectivity index (χ4n) is 7.23. The van der Waals surface area contributed by atoms with E-state index in [9.17, 15) is 0 Å². The van der Waals surface area contributed by atoms with Crippen LogP contribution in [-0.2, 0) is 0 Å². The van der Waals surface area contributed by atoms with Gasteiger partial charge in [-0.25, -0.2) is 15.0 Å². The van der Waals surface area contributed by atoms with Crippen molar-refractivity contribution < 1.29 is 4.42 Å². The van der Waals surface area contributed by atoms with Gasteiger partial charge in [-0.05, 0) is 68.4 Å². The van der Waals surface area contributed by atoms with Gasteiger partial charge in [0.05, 0.1) is 0 Å². The van der Waals surface area contributed by atoms with Gasteiger partial charge in [-0.15, -0.1) is 0 Å². The summed E-state index contributed by atoms with van der Waals surface area (Å²) in [6, 6.07) is 65.2. The zero-order valence-electron chi connectivity index (χ0n) is 28.6. The van der Waals surface area contributed by atoms with Crippen LogP contribution in [-0.4, -0.2) is 15.0 Å². The van der Waals surface area contributed by atoms with Gasteiger partial charge >= 0.3 is 0 Å². The molecule has 0 aliphatic heterocycles. The maximum absolute atomic E-state index is 6.22. The van der Waals surface area contributed by atoms with E-state index in [4.69, 9.17) is 19.4 Å². The van der Waals surface area contributed by atoms with Gasteiger partial charge in [0.15, 0.2) is 17.5 Å². The first-order chi connectivity index (χ1) is 26.2. The van der Waals surface area contributed by atoms with Crippen molar-refractivity contribution in [3.8, 4) is 67.5 Å². The minimum atomic E-state index is 0.613. The molecule has 8 aromatic carbocycles. The van der Waals surface area contributed by atoms with Crippen molar-refractivity contribution in [2.24, 2.45) is 0 Å². The molecule has 0 unspecified atom stereocenters. The number of aromatic nitrogens is 3. The Hall–Kier alpha value is -7.17. The minimum Gasteiger partial charge on any atom is -0.456 e. The predicted molar refractivity (Wildman–Crippen MR) is 217 cm³/mol. The van der Waals surface area contributed by atoms with Crippen molar-refractivity contribution >= 4 is 32.7 Å². The maximum atomic E-state index is 6.22. The fourth-order valence-corrected chi connectivity index (χ4v) is 7.23. The highest BCUT2D eigenvalue weighted by atomic mass is 16.3. The number of nitrogens with zero attached hydrogens (tertiary/aromatic N) is 3. The van der Waals surface area contributed by atoms with Crippen LogP contribution in [0.2, 0.25) is 0 Å². The molecule has 0 radical (unpaired) electrons. The van der Waals surface area contributed by atoms with E-state index >= 15 is 0 Å². The van der Waals surface area contributed by atoms with Crippen LogP contribution < -0.4 is 0 Å². The normalized spacial score (nSPS) is 11.4. The van der Waals surface area contributed by atoms with Crippen molar-refractivity contribution in [1.82, 2.24) is 15.0 Å². The van der Waals surface area contributed by atoms with Crippen LogP contribution in [0.1, 0.15) is 0 Å². The number of hydrogen-bond donors (Lipinski definition) is 0. The highest BCUT2D eigenvalue weighted by molar-refractivity contribution is 6.12. The zero-order chi connectivity index (χ0) is 35.1. The Morgan fingerprint density at radius 1 is 0.302 bits per heavy atom. The monoisotopic (exact) mass is 677 g/mol. The third kappa shape index (κ3) is 5.73. The molecule has 0 bridgehead atoms. The van der Waals surface area contributed by atoms with Gasteiger partial charge in [0.1, 0.15) is 11.2 Å². The lowest BCUT2D eigenvalue weighted by molar-refractivity contribution is 0.669. The molecule has 2 aromatic heterocycles. The first-order valence-corrected chi connectivity index (χ1v) is 17.8. The second-order valence-corrected chi connectivity index (χ2v) is 13.2. The molecule has 0 saturated carbocycles. The molecule has 0 aliphatic rings. The van der Waals surface area contributed by atoms with Crippen molar-refractivity contribution in [3.63, 3.8) is 0 Å². The Kier molecular flexibility index (Phi) is 7.43. The summed E-state index contributed by atoms with van der Waals surface area (Å²) in [6.45, 7) is 0. The Morgan fingerprint density at radius 3 is 1.57 bits per heavy atom. The van der Waals surface area contributed by atoms with Gasteiger partial charge in [0.2, 0.25) is 0 Å². The molecule has 0 aliphatic carbocycles. The zero-order valence-corrected chi connectivity index (χ0v) is 28.6. The molecular weight excluding hydrogens is 647 g/mol.